The van der Waals surface area contributed by atoms with E-state index in [-0.39, 0.29) is 12.1 Å². The molecule has 0 aliphatic carbocycles. The predicted octanol–water partition coefficient (Wildman–Crippen LogP) is 3.93. The topological polar surface area (TPSA) is 44.5 Å². The molecule has 0 fully saturated rings. The third-order valence-electron chi connectivity index (χ3n) is 3.00. The van der Waals surface area contributed by atoms with Crippen molar-refractivity contribution in [1.29, 1.82) is 0 Å². The van der Waals surface area contributed by atoms with E-state index < -0.39 is 0 Å². The van der Waals surface area contributed by atoms with Gasteiger partial charge in [0.15, 0.2) is 0 Å². The van der Waals surface area contributed by atoms with Gasteiger partial charge in [0.05, 0.1) is 7.11 Å². The third kappa shape index (κ3) is 3.52. The summed E-state index contributed by atoms with van der Waals surface area (Å²) >= 11 is 3.41. The van der Waals surface area contributed by atoms with Crippen molar-refractivity contribution in [1.82, 2.24) is 0 Å². The summed E-state index contributed by atoms with van der Waals surface area (Å²) in [6.07, 6.45) is -0.257. The highest BCUT2D eigenvalue weighted by molar-refractivity contribution is 9.10. The van der Waals surface area contributed by atoms with Gasteiger partial charge in [-0.05, 0) is 37.3 Å². The minimum absolute atomic E-state index is 0.157. The van der Waals surface area contributed by atoms with E-state index in [1.54, 1.807) is 7.11 Å². The Morgan fingerprint density at radius 3 is 2.30 bits per heavy atom. The van der Waals surface area contributed by atoms with E-state index in [0.717, 1.165) is 21.5 Å². The van der Waals surface area contributed by atoms with Crippen LogP contribution in [0.4, 0.5) is 0 Å². The minimum atomic E-state index is -0.257. The van der Waals surface area contributed by atoms with E-state index in [1.807, 2.05) is 55.5 Å². The molecule has 0 bridgehead atoms. The lowest BCUT2D eigenvalue weighted by molar-refractivity contribution is 0.176. The number of hydrogen-bond acceptors (Lipinski definition) is 3. The van der Waals surface area contributed by atoms with Gasteiger partial charge in [0.1, 0.15) is 17.6 Å². The maximum atomic E-state index is 6.08. The number of ether oxygens (including phenoxy) is 2. The first-order valence-electron chi connectivity index (χ1n) is 6.42. The summed E-state index contributed by atoms with van der Waals surface area (Å²) in [4.78, 5) is 0. The van der Waals surface area contributed by atoms with Crippen LogP contribution in [0, 0.1) is 0 Å². The van der Waals surface area contributed by atoms with E-state index in [2.05, 4.69) is 15.9 Å². The molecule has 0 aliphatic heterocycles. The van der Waals surface area contributed by atoms with E-state index >= 15 is 0 Å². The highest BCUT2D eigenvalue weighted by Gasteiger charge is 2.21. The van der Waals surface area contributed by atoms with Gasteiger partial charge < -0.3 is 15.2 Å². The van der Waals surface area contributed by atoms with Gasteiger partial charge in [-0.1, -0.05) is 34.1 Å². The van der Waals surface area contributed by atoms with Gasteiger partial charge in [-0.15, -0.1) is 0 Å². The summed E-state index contributed by atoms with van der Waals surface area (Å²) in [5.41, 5.74) is 7.03. The number of benzene rings is 2. The zero-order chi connectivity index (χ0) is 14.5. The molecule has 0 radical (unpaired) electrons. The number of para-hydroxylation sites is 1. The number of methoxy groups -OCH3 is 1. The normalized spacial score (nSPS) is 13.6. The SMILES string of the molecule is COc1ccccc1C(Oc1ccc(Br)cc1)C(C)N. The molecule has 4 heteroatoms. The van der Waals surface area contributed by atoms with E-state index in [9.17, 15) is 0 Å². The quantitative estimate of drug-likeness (QED) is 0.900. The average molecular weight is 336 g/mol. The van der Waals surface area contributed by atoms with Crippen LogP contribution in [-0.2, 0) is 0 Å². The molecule has 0 saturated carbocycles. The van der Waals surface area contributed by atoms with Crippen molar-refractivity contribution in [3.05, 3.63) is 58.6 Å². The molecule has 2 atom stereocenters. The summed E-state index contributed by atoms with van der Waals surface area (Å²) in [6, 6.07) is 15.3. The smallest absolute Gasteiger partial charge is 0.142 e. The number of rotatable bonds is 5. The van der Waals surface area contributed by atoms with Crippen LogP contribution in [0.25, 0.3) is 0 Å². The van der Waals surface area contributed by atoms with Gasteiger partial charge in [0.25, 0.3) is 0 Å². The first kappa shape index (κ1) is 14.9. The predicted molar refractivity (Wildman–Crippen MR) is 84.2 cm³/mol. The Balaban J connectivity index is 2.29. The first-order chi connectivity index (χ1) is 9.61. The molecule has 3 nitrogen and oxygen atoms in total. The monoisotopic (exact) mass is 335 g/mol. The molecule has 0 saturated heterocycles. The van der Waals surface area contributed by atoms with Gasteiger partial charge in [-0.25, -0.2) is 0 Å². The van der Waals surface area contributed by atoms with Crippen LogP contribution in [0.2, 0.25) is 0 Å². The number of halogens is 1. The fourth-order valence-electron chi connectivity index (χ4n) is 2.02. The summed E-state index contributed by atoms with van der Waals surface area (Å²) < 4.78 is 12.4. The summed E-state index contributed by atoms with van der Waals surface area (Å²) in [5, 5.41) is 0. The van der Waals surface area contributed by atoms with Gasteiger partial charge in [0.2, 0.25) is 0 Å². The second-order valence-corrected chi connectivity index (χ2v) is 5.51. The molecule has 106 valence electrons. The van der Waals surface area contributed by atoms with E-state index in [1.165, 1.54) is 0 Å². The third-order valence-corrected chi connectivity index (χ3v) is 3.53. The Morgan fingerprint density at radius 1 is 1.05 bits per heavy atom. The molecule has 2 aromatic rings. The summed E-state index contributed by atoms with van der Waals surface area (Å²) in [7, 11) is 1.65. The fraction of sp³-hybridized carbons (Fsp3) is 0.250. The van der Waals surface area contributed by atoms with Crippen molar-refractivity contribution < 1.29 is 9.47 Å². The van der Waals surface area contributed by atoms with Gasteiger partial charge >= 0.3 is 0 Å². The lowest BCUT2D eigenvalue weighted by Crippen LogP contribution is -2.29. The Labute approximate surface area is 127 Å². The highest BCUT2D eigenvalue weighted by atomic mass is 79.9. The molecule has 0 aromatic heterocycles. The second-order valence-electron chi connectivity index (χ2n) is 4.59. The van der Waals surface area contributed by atoms with Crippen LogP contribution in [0.15, 0.2) is 53.0 Å². The molecule has 0 amide bonds. The highest BCUT2D eigenvalue weighted by Crippen LogP contribution is 2.31. The number of hydrogen-bond donors (Lipinski definition) is 1. The van der Waals surface area contributed by atoms with Crippen molar-refractivity contribution in [3.8, 4) is 11.5 Å². The van der Waals surface area contributed by atoms with Crippen LogP contribution in [-0.4, -0.2) is 13.2 Å². The van der Waals surface area contributed by atoms with E-state index in [4.69, 9.17) is 15.2 Å². The summed E-state index contributed by atoms with van der Waals surface area (Å²) in [6.45, 7) is 1.93. The first-order valence-corrected chi connectivity index (χ1v) is 7.22. The Hall–Kier alpha value is -1.52. The van der Waals surface area contributed by atoms with Crippen molar-refractivity contribution >= 4 is 15.9 Å². The van der Waals surface area contributed by atoms with Crippen LogP contribution in [0.1, 0.15) is 18.6 Å². The number of nitrogens with two attached hydrogens (primary N) is 1. The van der Waals surface area contributed by atoms with Crippen molar-refractivity contribution in [2.45, 2.75) is 19.1 Å². The largest absolute Gasteiger partial charge is 0.496 e. The Kier molecular flexibility index (Phi) is 5.04. The Bertz CT molecular complexity index is 555. The van der Waals surface area contributed by atoms with Gasteiger partial charge in [-0.3, -0.25) is 0 Å². The molecule has 2 rings (SSSR count). The zero-order valence-electron chi connectivity index (χ0n) is 11.5. The van der Waals surface area contributed by atoms with Crippen LogP contribution >= 0.6 is 15.9 Å². The molecule has 0 aliphatic rings. The summed E-state index contributed by atoms with van der Waals surface area (Å²) in [5.74, 6) is 1.56. The van der Waals surface area contributed by atoms with Crippen molar-refractivity contribution in [2.75, 3.05) is 7.11 Å². The van der Waals surface area contributed by atoms with E-state index in [0.29, 0.717) is 0 Å². The fourth-order valence-corrected chi connectivity index (χ4v) is 2.28. The van der Waals surface area contributed by atoms with Gasteiger partial charge in [-0.2, -0.15) is 0 Å². The zero-order valence-corrected chi connectivity index (χ0v) is 13.1. The standard InChI is InChI=1S/C16H18BrNO2/c1-11(18)16(14-5-3-4-6-15(14)19-2)20-13-9-7-12(17)8-10-13/h3-11,16H,18H2,1-2H3. The molecule has 20 heavy (non-hydrogen) atoms. The van der Waals surface area contributed by atoms with Crippen LogP contribution in [0.5, 0.6) is 11.5 Å². The maximum absolute atomic E-state index is 6.08. The molecule has 0 heterocycles. The lowest BCUT2D eigenvalue weighted by Gasteiger charge is -2.24. The van der Waals surface area contributed by atoms with Crippen LogP contribution < -0.4 is 15.2 Å². The molecule has 0 spiro atoms. The second kappa shape index (κ2) is 6.77. The molecular formula is C16H18BrNO2. The maximum Gasteiger partial charge on any atom is 0.142 e. The lowest BCUT2D eigenvalue weighted by atomic mass is 10.0. The Morgan fingerprint density at radius 2 is 1.70 bits per heavy atom. The van der Waals surface area contributed by atoms with Crippen LogP contribution in [0.3, 0.4) is 0 Å². The minimum Gasteiger partial charge on any atom is -0.496 e. The molecular weight excluding hydrogens is 318 g/mol. The van der Waals surface area contributed by atoms with Crippen molar-refractivity contribution in [3.63, 3.8) is 0 Å². The average Bonchev–Trinajstić information content (AvgIpc) is 2.46. The molecule has 2 N–H and O–H groups in total. The van der Waals surface area contributed by atoms with Crippen molar-refractivity contribution in [2.24, 2.45) is 5.73 Å². The van der Waals surface area contributed by atoms with Gasteiger partial charge in [0, 0.05) is 16.1 Å². The molecule has 2 aromatic carbocycles. The molecule has 2 unspecified atom stereocenters.